The third-order valence-corrected chi connectivity index (χ3v) is 4.78. The van der Waals surface area contributed by atoms with Crippen LogP contribution in [0.2, 0.25) is 0 Å². The van der Waals surface area contributed by atoms with Crippen LogP contribution in [0.25, 0.3) is 0 Å². The molecule has 1 aromatic heterocycles. The molecule has 0 aliphatic carbocycles. The number of nitrogens with zero attached hydrogens (tertiary/aromatic N) is 5. The summed E-state index contributed by atoms with van der Waals surface area (Å²) < 4.78 is 5.26. The molecule has 148 valence electrons. The summed E-state index contributed by atoms with van der Waals surface area (Å²) in [5.41, 5.74) is 1.49. The van der Waals surface area contributed by atoms with E-state index in [1.165, 1.54) is 6.33 Å². The number of aromatic nitrogens is 2. The van der Waals surface area contributed by atoms with Crippen molar-refractivity contribution in [3.8, 4) is 11.8 Å². The Morgan fingerprint density at radius 1 is 1.36 bits per heavy atom. The van der Waals surface area contributed by atoms with Crippen molar-refractivity contribution in [3.63, 3.8) is 0 Å². The minimum absolute atomic E-state index is 0.218. The molecule has 8 nitrogen and oxygen atoms in total. The molecule has 0 bridgehead atoms. The van der Waals surface area contributed by atoms with E-state index in [9.17, 15) is 5.11 Å². The molecule has 1 aliphatic heterocycles. The minimum atomic E-state index is -0.345. The number of hydrogen-bond donors (Lipinski definition) is 2. The molecule has 2 N–H and O–H groups in total. The predicted octanol–water partition coefficient (Wildman–Crippen LogP) is 1.47. The van der Waals surface area contributed by atoms with E-state index in [-0.39, 0.29) is 12.1 Å². The van der Waals surface area contributed by atoms with Gasteiger partial charge in [0.15, 0.2) is 0 Å². The van der Waals surface area contributed by atoms with E-state index in [1.807, 2.05) is 32.3 Å². The number of nitriles is 1. The molecule has 1 saturated heterocycles. The number of rotatable bonds is 7. The Bertz CT molecular complexity index is 851. The zero-order valence-corrected chi connectivity index (χ0v) is 16.5. The highest BCUT2D eigenvalue weighted by Gasteiger charge is 2.32. The molecule has 0 amide bonds. The zero-order chi connectivity index (χ0) is 20.1. The summed E-state index contributed by atoms with van der Waals surface area (Å²) in [5.74, 6) is 2.07. The lowest BCUT2D eigenvalue weighted by Crippen LogP contribution is -2.38. The average Bonchev–Trinajstić information content (AvgIpc) is 3.05. The first-order chi connectivity index (χ1) is 13.5. The molecule has 0 saturated carbocycles. The van der Waals surface area contributed by atoms with E-state index in [0.717, 1.165) is 24.3 Å². The number of nitrogens with one attached hydrogen (secondary N) is 1. The van der Waals surface area contributed by atoms with Crippen molar-refractivity contribution in [2.75, 3.05) is 44.5 Å². The van der Waals surface area contributed by atoms with E-state index in [2.05, 4.69) is 31.2 Å². The van der Waals surface area contributed by atoms with Crippen LogP contribution in [0.15, 0.2) is 30.6 Å². The Kier molecular flexibility index (Phi) is 6.29. The summed E-state index contributed by atoms with van der Waals surface area (Å²) in [6.07, 6.45) is 1.92. The fourth-order valence-electron chi connectivity index (χ4n) is 3.50. The van der Waals surface area contributed by atoms with Crippen LogP contribution in [-0.4, -0.2) is 66.4 Å². The number of ether oxygens (including phenoxy) is 1. The van der Waals surface area contributed by atoms with Crippen LogP contribution in [0.5, 0.6) is 5.75 Å². The van der Waals surface area contributed by atoms with E-state index in [1.54, 1.807) is 13.2 Å². The third-order valence-electron chi connectivity index (χ3n) is 4.78. The van der Waals surface area contributed by atoms with Gasteiger partial charge in [-0.05, 0) is 38.2 Å². The lowest BCUT2D eigenvalue weighted by molar-refractivity contribution is 0.191. The Morgan fingerprint density at radius 2 is 2.18 bits per heavy atom. The predicted molar refractivity (Wildman–Crippen MR) is 107 cm³/mol. The quantitative estimate of drug-likeness (QED) is 0.743. The normalized spacial score (nSPS) is 18.9. The van der Waals surface area contributed by atoms with Crippen LogP contribution in [0.3, 0.4) is 0 Å². The number of aliphatic hydroxyl groups is 1. The van der Waals surface area contributed by atoms with Crippen LogP contribution in [0.1, 0.15) is 17.5 Å². The molecule has 2 heterocycles. The van der Waals surface area contributed by atoms with Crippen LogP contribution in [0.4, 0.5) is 11.6 Å². The Labute approximate surface area is 165 Å². The molecule has 1 aliphatic rings. The van der Waals surface area contributed by atoms with E-state index in [4.69, 9.17) is 10.00 Å². The molecule has 2 atom stereocenters. The molecular weight excluding hydrogens is 356 g/mol. The molecule has 1 aromatic carbocycles. The van der Waals surface area contributed by atoms with Crippen molar-refractivity contribution in [2.45, 2.75) is 25.1 Å². The van der Waals surface area contributed by atoms with E-state index < -0.39 is 0 Å². The second-order valence-electron chi connectivity index (χ2n) is 7.22. The van der Waals surface area contributed by atoms with Gasteiger partial charge in [0.25, 0.3) is 0 Å². The first-order valence-electron chi connectivity index (χ1n) is 9.22. The lowest BCUT2D eigenvalue weighted by atomic mass is 10.1. The highest BCUT2D eigenvalue weighted by atomic mass is 16.5. The minimum Gasteiger partial charge on any atom is -0.495 e. The molecule has 28 heavy (non-hydrogen) atoms. The second kappa shape index (κ2) is 8.87. The van der Waals surface area contributed by atoms with Crippen molar-refractivity contribution < 1.29 is 9.84 Å². The highest BCUT2D eigenvalue weighted by Crippen LogP contribution is 2.26. The highest BCUT2D eigenvalue weighted by molar-refractivity contribution is 5.51. The zero-order valence-electron chi connectivity index (χ0n) is 16.5. The van der Waals surface area contributed by atoms with Gasteiger partial charge in [0, 0.05) is 31.7 Å². The number of likely N-dealkylation sites (N-methyl/N-ethyl adjacent to an activating group) is 1. The van der Waals surface area contributed by atoms with Crippen molar-refractivity contribution >= 4 is 11.6 Å². The smallest absolute Gasteiger partial charge is 0.136 e. The van der Waals surface area contributed by atoms with Crippen LogP contribution < -0.4 is 15.0 Å². The molecular formula is C20H26N6O2. The number of β-amino-alcohol motifs (C(OH)–C–C–N with tert-alkyl or cyclic N) is 1. The lowest BCUT2D eigenvalue weighted by Gasteiger charge is -2.27. The van der Waals surface area contributed by atoms with Crippen LogP contribution >= 0.6 is 0 Å². The largest absolute Gasteiger partial charge is 0.495 e. The number of benzene rings is 1. The third kappa shape index (κ3) is 4.68. The van der Waals surface area contributed by atoms with Gasteiger partial charge in [-0.3, -0.25) is 0 Å². The Morgan fingerprint density at radius 3 is 2.89 bits per heavy atom. The van der Waals surface area contributed by atoms with Crippen LogP contribution in [0, 0.1) is 11.3 Å². The monoisotopic (exact) mass is 382 g/mol. The molecule has 2 aromatic rings. The molecule has 1 fully saturated rings. The van der Waals surface area contributed by atoms with Gasteiger partial charge in [0.2, 0.25) is 0 Å². The number of methoxy groups -OCH3 is 1. The number of anilines is 2. The topological polar surface area (TPSA) is 97.5 Å². The maximum atomic E-state index is 10.1. The van der Waals surface area contributed by atoms with Gasteiger partial charge >= 0.3 is 0 Å². The Hall–Kier alpha value is -2.89. The fraction of sp³-hybridized carbons (Fsp3) is 0.450. The van der Waals surface area contributed by atoms with E-state index in [0.29, 0.717) is 30.2 Å². The van der Waals surface area contributed by atoms with Crippen molar-refractivity contribution in [3.05, 3.63) is 41.7 Å². The van der Waals surface area contributed by atoms with E-state index >= 15 is 0 Å². The van der Waals surface area contributed by atoms with Gasteiger partial charge in [-0.1, -0.05) is 6.07 Å². The molecule has 8 heteroatoms. The maximum Gasteiger partial charge on any atom is 0.136 e. The van der Waals surface area contributed by atoms with Gasteiger partial charge in [-0.2, -0.15) is 5.26 Å². The molecule has 0 spiro atoms. The number of hydrogen-bond acceptors (Lipinski definition) is 8. The van der Waals surface area contributed by atoms with Gasteiger partial charge in [-0.25, -0.2) is 9.97 Å². The first-order valence-corrected chi connectivity index (χ1v) is 9.22. The van der Waals surface area contributed by atoms with Crippen LogP contribution in [-0.2, 0) is 6.54 Å². The van der Waals surface area contributed by atoms with Crippen molar-refractivity contribution in [1.29, 1.82) is 5.26 Å². The average molecular weight is 382 g/mol. The van der Waals surface area contributed by atoms with Gasteiger partial charge < -0.3 is 25.0 Å². The fourth-order valence-corrected chi connectivity index (χ4v) is 3.50. The standard InChI is InChI=1S/C20H26N6O2/c1-25(2)11-16-7-17(27)12-26(16)20-8-19(23-13-24-20)22-10-14-4-5-15(9-21)18(6-14)28-3/h4-6,8,13,16-17,27H,7,10-12H2,1-3H3,(H,22,23,24)/t16-,17-/m1/s1. The van der Waals surface area contributed by atoms with Gasteiger partial charge in [0.1, 0.15) is 29.8 Å². The molecule has 0 radical (unpaired) electrons. The Balaban J connectivity index is 1.71. The number of aliphatic hydroxyl groups excluding tert-OH is 1. The second-order valence-corrected chi connectivity index (χ2v) is 7.22. The summed E-state index contributed by atoms with van der Waals surface area (Å²) in [6, 6.07) is 9.72. The van der Waals surface area contributed by atoms with Crippen molar-refractivity contribution in [1.82, 2.24) is 14.9 Å². The summed E-state index contributed by atoms with van der Waals surface area (Å²) in [5, 5.41) is 22.5. The SMILES string of the molecule is COc1cc(CNc2cc(N3C[C@H](O)C[C@@H]3CN(C)C)ncn2)ccc1C#N. The molecule has 3 rings (SSSR count). The molecule has 0 unspecified atom stereocenters. The summed E-state index contributed by atoms with van der Waals surface area (Å²) in [7, 11) is 5.61. The summed E-state index contributed by atoms with van der Waals surface area (Å²) >= 11 is 0. The van der Waals surface area contributed by atoms with Gasteiger partial charge in [0.05, 0.1) is 18.8 Å². The summed E-state index contributed by atoms with van der Waals surface area (Å²) in [4.78, 5) is 13.0. The van der Waals surface area contributed by atoms with Crippen molar-refractivity contribution in [2.24, 2.45) is 0 Å². The van der Waals surface area contributed by atoms with Gasteiger partial charge in [-0.15, -0.1) is 0 Å². The first kappa shape index (κ1) is 19.9. The summed E-state index contributed by atoms with van der Waals surface area (Å²) in [6.45, 7) is 1.97. The maximum absolute atomic E-state index is 10.1.